The van der Waals surface area contributed by atoms with Gasteiger partial charge in [0.1, 0.15) is 11.6 Å². The summed E-state index contributed by atoms with van der Waals surface area (Å²) >= 11 is 0. The summed E-state index contributed by atoms with van der Waals surface area (Å²) in [5.74, 6) is -1.19. The summed E-state index contributed by atoms with van der Waals surface area (Å²) in [6, 6.07) is 11.6. The molecule has 21 heavy (non-hydrogen) atoms. The Morgan fingerprint density at radius 1 is 1.00 bits per heavy atom. The average molecular weight is 283 g/mol. The lowest BCUT2D eigenvalue weighted by molar-refractivity contribution is 0.432. The molecule has 0 N–H and O–H groups in total. The molecule has 1 aromatic heterocycles. The van der Waals surface area contributed by atoms with Gasteiger partial charge in [0.05, 0.1) is 11.6 Å². The number of halogens is 2. The molecular formula is C15H7F2N3O. The first-order valence-electron chi connectivity index (χ1n) is 5.96. The Kier molecular flexibility index (Phi) is 3.16. The third kappa shape index (κ3) is 2.62. The highest BCUT2D eigenvalue weighted by Crippen LogP contribution is 2.23. The molecular weight excluding hydrogens is 276 g/mol. The van der Waals surface area contributed by atoms with Gasteiger partial charge in [-0.05, 0) is 30.3 Å². The molecule has 0 atom stereocenters. The molecule has 0 spiro atoms. The van der Waals surface area contributed by atoms with Crippen LogP contribution in [0, 0.1) is 23.0 Å². The first-order chi connectivity index (χ1) is 10.2. The molecule has 2 aromatic carbocycles. The number of aromatic nitrogens is 2. The van der Waals surface area contributed by atoms with Crippen LogP contribution in [0.3, 0.4) is 0 Å². The van der Waals surface area contributed by atoms with Crippen LogP contribution in [0.1, 0.15) is 5.56 Å². The standard InChI is InChI=1S/C15H7F2N3O/c16-12-5-11(6-13(17)7-12)14-19-15(21-20-14)10-3-1-2-9(4-10)8-18/h1-7H. The van der Waals surface area contributed by atoms with E-state index in [9.17, 15) is 8.78 Å². The summed E-state index contributed by atoms with van der Waals surface area (Å²) in [5, 5.41) is 12.6. The minimum atomic E-state index is -0.720. The SMILES string of the molecule is N#Cc1cccc(-c2nc(-c3cc(F)cc(F)c3)no2)c1. The largest absolute Gasteiger partial charge is 0.334 e. The summed E-state index contributed by atoms with van der Waals surface area (Å²) in [4.78, 5) is 4.09. The third-order valence-corrected chi connectivity index (χ3v) is 2.79. The minimum absolute atomic E-state index is 0.0748. The second-order valence-electron chi connectivity index (χ2n) is 4.27. The number of nitriles is 1. The third-order valence-electron chi connectivity index (χ3n) is 2.79. The number of hydrogen-bond donors (Lipinski definition) is 0. The lowest BCUT2D eigenvalue weighted by Gasteiger charge is -1.96. The zero-order valence-electron chi connectivity index (χ0n) is 10.5. The molecule has 3 rings (SSSR count). The van der Waals surface area contributed by atoms with Crippen molar-refractivity contribution in [3.63, 3.8) is 0 Å². The van der Waals surface area contributed by atoms with E-state index >= 15 is 0 Å². The predicted molar refractivity (Wildman–Crippen MR) is 69.8 cm³/mol. The molecule has 4 nitrogen and oxygen atoms in total. The quantitative estimate of drug-likeness (QED) is 0.721. The Labute approximate surface area is 118 Å². The molecule has 1 heterocycles. The van der Waals surface area contributed by atoms with E-state index in [-0.39, 0.29) is 17.3 Å². The highest BCUT2D eigenvalue weighted by molar-refractivity contribution is 5.61. The smallest absolute Gasteiger partial charge is 0.258 e. The Balaban J connectivity index is 2.01. The first-order valence-corrected chi connectivity index (χ1v) is 5.96. The van der Waals surface area contributed by atoms with E-state index in [1.54, 1.807) is 24.3 Å². The topological polar surface area (TPSA) is 62.7 Å². The molecule has 0 radical (unpaired) electrons. The monoisotopic (exact) mass is 283 g/mol. The lowest BCUT2D eigenvalue weighted by Crippen LogP contribution is -1.86. The van der Waals surface area contributed by atoms with Crippen molar-refractivity contribution in [3.05, 3.63) is 59.7 Å². The Hall–Kier alpha value is -3.07. The van der Waals surface area contributed by atoms with Crippen molar-refractivity contribution in [1.82, 2.24) is 10.1 Å². The summed E-state index contributed by atoms with van der Waals surface area (Å²) in [5.41, 5.74) is 1.19. The molecule has 0 aliphatic carbocycles. The van der Waals surface area contributed by atoms with E-state index in [4.69, 9.17) is 9.78 Å². The number of nitrogens with zero attached hydrogens (tertiary/aromatic N) is 3. The maximum Gasteiger partial charge on any atom is 0.258 e. The molecule has 0 saturated heterocycles. The zero-order valence-corrected chi connectivity index (χ0v) is 10.5. The van der Waals surface area contributed by atoms with E-state index in [1.165, 1.54) is 0 Å². The van der Waals surface area contributed by atoms with Gasteiger partial charge >= 0.3 is 0 Å². The molecule has 0 aliphatic rings. The van der Waals surface area contributed by atoms with Gasteiger partial charge in [0.25, 0.3) is 5.89 Å². The van der Waals surface area contributed by atoms with Crippen molar-refractivity contribution < 1.29 is 13.3 Å². The molecule has 102 valence electrons. The maximum atomic E-state index is 13.2. The summed E-state index contributed by atoms with van der Waals surface area (Å²) in [6.07, 6.45) is 0. The summed E-state index contributed by atoms with van der Waals surface area (Å²) in [6.45, 7) is 0. The van der Waals surface area contributed by atoms with Crippen LogP contribution in [0.15, 0.2) is 47.0 Å². The molecule has 6 heteroatoms. The summed E-state index contributed by atoms with van der Waals surface area (Å²) < 4.78 is 31.4. The average Bonchev–Trinajstić information content (AvgIpc) is 2.96. The van der Waals surface area contributed by atoms with Gasteiger partial charge in [-0.3, -0.25) is 0 Å². The number of benzene rings is 2. The van der Waals surface area contributed by atoms with Crippen molar-refractivity contribution in [2.45, 2.75) is 0 Å². The maximum absolute atomic E-state index is 13.2. The van der Waals surface area contributed by atoms with Crippen LogP contribution in [0.5, 0.6) is 0 Å². The normalized spacial score (nSPS) is 10.3. The Morgan fingerprint density at radius 2 is 1.76 bits per heavy atom. The van der Waals surface area contributed by atoms with Crippen molar-refractivity contribution in [2.24, 2.45) is 0 Å². The van der Waals surface area contributed by atoms with Crippen LogP contribution in [-0.2, 0) is 0 Å². The van der Waals surface area contributed by atoms with Crippen molar-refractivity contribution in [2.75, 3.05) is 0 Å². The molecule has 0 bridgehead atoms. The van der Waals surface area contributed by atoms with Crippen molar-refractivity contribution >= 4 is 0 Å². The van der Waals surface area contributed by atoms with E-state index < -0.39 is 11.6 Å². The second-order valence-corrected chi connectivity index (χ2v) is 4.27. The Morgan fingerprint density at radius 3 is 2.48 bits per heavy atom. The van der Waals surface area contributed by atoms with Gasteiger partial charge in [-0.15, -0.1) is 0 Å². The predicted octanol–water partition coefficient (Wildman–Crippen LogP) is 3.55. The fraction of sp³-hybridized carbons (Fsp3) is 0. The molecule has 0 amide bonds. The van der Waals surface area contributed by atoms with Gasteiger partial charge in [0.2, 0.25) is 5.82 Å². The fourth-order valence-electron chi connectivity index (χ4n) is 1.86. The van der Waals surface area contributed by atoms with Crippen LogP contribution >= 0.6 is 0 Å². The number of hydrogen-bond acceptors (Lipinski definition) is 4. The lowest BCUT2D eigenvalue weighted by atomic mass is 10.1. The van der Waals surface area contributed by atoms with Crippen LogP contribution in [0.25, 0.3) is 22.8 Å². The molecule has 0 aliphatic heterocycles. The van der Waals surface area contributed by atoms with Gasteiger partial charge in [0, 0.05) is 17.2 Å². The minimum Gasteiger partial charge on any atom is -0.334 e. The van der Waals surface area contributed by atoms with E-state index in [0.29, 0.717) is 11.1 Å². The van der Waals surface area contributed by atoms with E-state index in [1.807, 2.05) is 6.07 Å². The molecule has 3 aromatic rings. The van der Waals surface area contributed by atoms with Gasteiger partial charge in [-0.25, -0.2) is 8.78 Å². The van der Waals surface area contributed by atoms with Gasteiger partial charge < -0.3 is 4.52 Å². The summed E-state index contributed by atoms with van der Waals surface area (Å²) in [7, 11) is 0. The highest BCUT2D eigenvalue weighted by Gasteiger charge is 2.12. The zero-order chi connectivity index (χ0) is 14.8. The van der Waals surface area contributed by atoms with E-state index in [0.717, 1.165) is 18.2 Å². The highest BCUT2D eigenvalue weighted by atomic mass is 19.1. The molecule has 0 unspecified atom stereocenters. The van der Waals surface area contributed by atoms with Crippen molar-refractivity contribution in [3.8, 4) is 28.9 Å². The number of rotatable bonds is 2. The Bertz CT molecular complexity index is 832. The van der Waals surface area contributed by atoms with Gasteiger partial charge in [-0.2, -0.15) is 10.2 Å². The van der Waals surface area contributed by atoms with E-state index in [2.05, 4.69) is 10.1 Å². The second kappa shape index (κ2) is 5.13. The van der Waals surface area contributed by atoms with Gasteiger partial charge in [-0.1, -0.05) is 11.2 Å². The van der Waals surface area contributed by atoms with Crippen LogP contribution < -0.4 is 0 Å². The van der Waals surface area contributed by atoms with Crippen molar-refractivity contribution in [1.29, 1.82) is 5.26 Å². The molecule has 0 fully saturated rings. The first kappa shape index (κ1) is 12.9. The van der Waals surface area contributed by atoms with Crippen LogP contribution in [0.4, 0.5) is 8.78 Å². The van der Waals surface area contributed by atoms with Crippen LogP contribution in [-0.4, -0.2) is 10.1 Å². The van der Waals surface area contributed by atoms with Gasteiger partial charge in [0.15, 0.2) is 0 Å². The van der Waals surface area contributed by atoms with Crippen LogP contribution in [0.2, 0.25) is 0 Å². The molecule has 0 saturated carbocycles. The fourth-order valence-corrected chi connectivity index (χ4v) is 1.86.